The summed E-state index contributed by atoms with van der Waals surface area (Å²) in [5, 5.41) is 0. The van der Waals surface area contributed by atoms with Gasteiger partial charge in [0.2, 0.25) is 11.6 Å². The summed E-state index contributed by atoms with van der Waals surface area (Å²) in [5.74, 6) is -2.28. The fourth-order valence-electron chi connectivity index (χ4n) is 2.62. The van der Waals surface area contributed by atoms with Crippen molar-refractivity contribution < 1.29 is 33.2 Å². The Hall–Kier alpha value is -1.19. The van der Waals surface area contributed by atoms with Gasteiger partial charge in [0.25, 0.3) is 0 Å². The zero-order valence-corrected chi connectivity index (χ0v) is 16.1. The highest BCUT2D eigenvalue weighted by atomic mass is 16.8. The van der Waals surface area contributed by atoms with Gasteiger partial charge in [-0.3, -0.25) is 4.90 Å². The van der Waals surface area contributed by atoms with Gasteiger partial charge in [0.1, 0.15) is 6.10 Å². The number of carbonyl (C=O) groups excluding carboxylic acids is 1. The van der Waals surface area contributed by atoms with Crippen LogP contribution in [0.15, 0.2) is 12.7 Å². The van der Waals surface area contributed by atoms with Gasteiger partial charge < -0.3 is 28.4 Å². The van der Waals surface area contributed by atoms with Crippen molar-refractivity contribution >= 4 is 6.09 Å². The Balaban J connectivity index is 3.08. The topological polar surface area (TPSA) is 75.7 Å². The molecular formula is C17H31NO7. The number of methoxy groups -OCH3 is 2. The molecule has 1 fully saturated rings. The molecule has 0 N–H and O–H groups in total. The van der Waals surface area contributed by atoms with E-state index >= 15 is 0 Å². The van der Waals surface area contributed by atoms with Gasteiger partial charge in [-0.15, -0.1) is 6.58 Å². The maximum atomic E-state index is 12.3. The number of nitrogens with zero attached hydrogens (tertiary/aromatic N) is 1. The van der Waals surface area contributed by atoms with Crippen molar-refractivity contribution in [2.45, 2.75) is 51.6 Å². The molecule has 1 aliphatic rings. The van der Waals surface area contributed by atoms with Crippen LogP contribution in [-0.2, 0) is 28.4 Å². The van der Waals surface area contributed by atoms with E-state index < -0.39 is 30.0 Å². The third kappa shape index (κ3) is 4.71. The fraction of sp³-hybridized carbons (Fsp3) is 0.824. The molecule has 0 aromatic heterocycles. The van der Waals surface area contributed by atoms with E-state index in [9.17, 15) is 4.79 Å². The maximum absolute atomic E-state index is 12.3. The Labute approximate surface area is 149 Å². The second-order valence-electron chi connectivity index (χ2n) is 5.75. The largest absolute Gasteiger partial charge is 0.450 e. The first-order valence-corrected chi connectivity index (χ1v) is 8.40. The molecule has 0 aliphatic carbocycles. The van der Waals surface area contributed by atoms with Crippen LogP contribution in [0.25, 0.3) is 0 Å². The first-order valence-electron chi connectivity index (χ1n) is 8.40. The van der Waals surface area contributed by atoms with Gasteiger partial charge in [-0.25, -0.2) is 4.79 Å². The van der Waals surface area contributed by atoms with E-state index in [2.05, 4.69) is 6.58 Å². The van der Waals surface area contributed by atoms with E-state index in [1.54, 1.807) is 26.8 Å². The van der Waals surface area contributed by atoms with Crippen LogP contribution in [0.3, 0.4) is 0 Å². The predicted molar refractivity (Wildman–Crippen MR) is 91.0 cm³/mol. The SMILES string of the molecule is C=CCN(C(=O)OCC)C(OCC)[C@H]1CO[C@@](C)(OC)[C@](C)(OC)O1. The molecule has 1 amide bonds. The van der Waals surface area contributed by atoms with Gasteiger partial charge in [0, 0.05) is 27.4 Å². The molecule has 0 aromatic rings. The van der Waals surface area contributed by atoms with Crippen molar-refractivity contribution in [2.24, 2.45) is 0 Å². The number of ether oxygens (including phenoxy) is 6. The number of hydrogen-bond donors (Lipinski definition) is 0. The summed E-state index contributed by atoms with van der Waals surface area (Å²) in [6.07, 6.45) is -0.236. The molecule has 1 aliphatic heterocycles. The molecule has 0 saturated carbocycles. The summed E-state index contributed by atoms with van der Waals surface area (Å²) in [5.41, 5.74) is 0. The monoisotopic (exact) mass is 361 g/mol. The molecular weight excluding hydrogens is 330 g/mol. The standard InChI is InChI=1S/C17H31NO7/c1-8-11-18(15(19)23-10-3)14(22-9-2)13-12-24-16(4,20-6)17(5,21-7)25-13/h8,13-14H,1,9-12H2,2-7H3/t13-,14?,16-,17-/m1/s1. The average molecular weight is 361 g/mol. The van der Waals surface area contributed by atoms with Gasteiger partial charge in [0.15, 0.2) is 6.23 Å². The minimum atomic E-state index is -1.19. The Morgan fingerprint density at radius 1 is 1.28 bits per heavy atom. The second-order valence-corrected chi connectivity index (χ2v) is 5.75. The van der Waals surface area contributed by atoms with Crippen LogP contribution in [0.5, 0.6) is 0 Å². The van der Waals surface area contributed by atoms with Crippen molar-refractivity contribution in [1.29, 1.82) is 0 Å². The molecule has 1 rings (SSSR count). The Morgan fingerprint density at radius 3 is 2.40 bits per heavy atom. The van der Waals surface area contributed by atoms with Gasteiger partial charge in [-0.2, -0.15) is 0 Å². The molecule has 1 saturated heterocycles. The maximum Gasteiger partial charge on any atom is 0.412 e. The van der Waals surface area contributed by atoms with Gasteiger partial charge in [0.05, 0.1) is 13.2 Å². The Bertz CT molecular complexity index is 447. The smallest absolute Gasteiger partial charge is 0.412 e. The lowest BCUT2D eigenvalue weighted by atomic mass is 10.1. The quantitative estimate of drug-likeness (QED) is 0.460. The number of rotatable bonds is 9. The zero-order valence-electron chi connectivity index (χ0n) is 16.1. The van der Waals surface area contributed by atoms with E-state index in [4.69, 9.17) is 28.4 Å². The molecule has 0 radical (unpaired) electrons. The first kappa shape index (κ1) is 21.9. The van der Waals surface area contributed by atoms with Crippen molar-refractivity contribution in [1.82, 2.24) is 4.90 Å². The minimum Gasteiger partial charge on any atom is -0.450 e. The van der Waals surface area contributed by atoms with E-state index in [0.29, 0.717) is 6.61 Å². The summed E-state index contributed by atoms with van der Waals surface area (Å²) in [7, 11) is 3.02. The molecule has 1 heterocycles. The van der Waals surface area contributed by atoms with Gasteiger partial charge in [-0.1, -0.05) is 6.08 Å². The summed E-state index contributed by atoms with van der Waals surface area (Å²) in [4.78, 5) is 13.7. The average Bonchev–Trinajstić information content (AvgIpc) is 2.60. The third-order valence-corrected chi connectivity index (χ3v) is 4.29. The molecule has 146 valence electrons. The van der Waals surface area contributed by atoms with Crippen LogP contribution in [-0.4, -0.2) is 75.5 Å². The van der Waals surface area contributed by atoms with Crippen LogP contribution < -0.4 is 0 Å². The zero-order chi connectivity index (χ0) is 19.1. The fourth-order valence-corrected chi connectivity index (χ4v) is 2.62. The first-order chi connectivity index (χ1) is 11.8. The summed E-state index contributed by atoms with van der Waals surface area (Å²) < 4.78 is 33.8. The minimum absolute atomic E-state index is 0.154. The molecule has 8 nitrogen and oxygen atoms in total. The molecule has 4 atom stereocenters. The molecule has 8 heteroatoms. The molecule has 0 bridgehead atoms. The van der Waals surface area contributed by atoms with Crippen molar-refractivity contribution in [2.75, 3.05) is 40.6 Å². The normalized spacial score (nSPS) is 30.6. The lowest BCUT2D eigenvalue weighted by molar-refractivity contribution is -0.440. The highest BCUT2D eigenvalue weighted by Gasteiger charge is 2.55. The highest BCUT2D eigenvalue weighted by Crippen LogP contribution is 2.38. The predicted octanol–water partition coefficient (Wildman–Crippen LogP) is 2.13. The van der Waals surface area contributed by atoms with Crippen LogP contribution in [0.2, 0.25) is 0 Å². The van der Waals surface area contributed by atoms with Crippen LogP contribution >= 0.6 is 0 Å². The van der Waals surface area contributed by atoms with E-state index in [0.717, 1.165) is 0 Å². The second kappa shape index (κ2) is 9.49. The molecule has 1 unspecified atom stereocenters. The summed E-state index contributed by atoms with van der Waals surface area (Å²) in [6.45, 7) is 11.7. The lowest BCUT2D eigenvalue weighted by Crippen LogP contribution is -2.66. The van der Waals surface area contributed by atoms with Crippen molar-refractivity contribution in [3.8, 4) is 0 Å². The third-order valence-electron chi connectivity index (χ3n) is 4.29. The van der Waals surface area contributed by atoms with Gasteiger partial charge in [-0.05, 0) is 27.7 Å². The van der Waals surface area contributed by atoms with E-state index in [-0.39, 0.29) is 19.8 Å². The number of hydrogen-bond acceptors (Lipinski definition) is 7. The van der Waals surface area contributed by atoms with Crippen LogP contribution in [0.1, 0.15) is 27.7 Å². The van der Waals surface area contributed by atoms with Crippen LogP contribution in [0, 0.1) is 0 Å². The molecule has 0 aromatic carbocycles. The lowest BCUT2D eigenvalue weighted by Gasteiger charge is -2.50. The molecule has 25 heavy (non-hydrogen) atoms. The summed E-state index contributed by atoms with van der Waals surface area (Å²) in [6, 6.07) is 0. The van der Waals surface area contributed by atoms with E-state index in [1.807, 2.05) is 6.92 Å². The van der Waals surface area contributed by atoms with Gasteiger partial charge >= 0.3 is 6.09 Å². The van der Waals surface area contributed by atoms with Crippen molar-refractivity contribution in [3.63, 3.8) is 0 Å². The van der Waals surface area contributed by atoms with E-state index in [1.165, 1.54) is 19.1 Å². The van der Waals surface area contributed by atoms with Crippen molar-refractivity contribution in [3.05, 3.63) is 12.7 Å². The summed E-state index contributed by atoms with van der Waals surface area (Å²) >= 11 is 0. The highest BCUT2D eigenvalue weighted by molar-refractivity contribution is 5.68. The Morgan fingerprint density at radius 2 is 1.92 bits per heavy atom. The number of carbonyl (C=O) groups is 1. The molecule has 0 spiro atoms. The Kier molecular flexibility index (Phi) is 8.30. The number of amides is 1. The van der Waals surface area contributed by atoms with Crippen LogP contribution in [0.4, 0.5) is 4.79 Å².